The van der Waals surface area contributed by atoms with Gasteiger partial charge in [0.25, 0.3) is 0 Å². The lowest BCUT2D eigenvalue weighted by atomic mass is 10.2. The predicted molar refractivity (Wildman–Crippen MR) is 112 cm³/mol. The molecule has 2 N–H and O–H groups in total. The Balaban J connectivity index is 3.20. The zero-order chi connectivity index (χ0) is 23.2. The van der Waals surface area contributed by atoms with Gasteiger partial charge >= 0.3 is 0 Å². The van der Waals surface area contributed by atoms with Gasteiger partial charge in [-0.25, -0.2) is 4.39 Å². The molecule has 11 heteroatoms. The molecule has 0 aliphatic heterocycles. The minimum Gasteiger partial charge on any atom is -0.377 e. The molecular formula is C20H39FN2O8. The van der Waals surface area contributed by atoms with Crippen LogP contribution < -0.4 is 10.6 Å². The fourth-order valence-corrected chi connectivity index (χ4v) is 2.01. The van der Waals surface area contributed by atoms with Crippen LogP contribution in [0.4, 0.5) is 4.39 Å². The normalized spacial score (nSPS) is 12.2. The molecular weight excluding hydrogens is 415 g/mol. The van der Waals surface area contributed by atoms with E-state index in [0.717, 1.165) is 0 Å². The number of alkyl halides is 1. The molecule has 0 spiro atoms. The van der Waals surface area contributed by atoms with Gasteiger partial charge in [0.2, 0.25) is 11.8 Å². The maximum absolute atomic E-state index is 13.5. The monoisotopic (exact) mass is 454 g/mol. The highest BCUT2D eigenvalue weighted by atomic mass is 19.1. The molecule has 0 rings (SSSR count). The first-order valence-electron chi connectivity index (χ1n) is 10.5. The number of amides is 2. The summed E-state index contributed by atoms with van der Waals surface area (Å²) in [5.41, 5.74) is 0. The van der Waals surface area contributed by atoms with Crippen LogP contribution in [0, 0.1) is 5.92 Å². The van der Waals surface area contributed by atoms with Crippen LogP contribution in [0.2, 0.25) is 0 Å². The number of ether oxygens (including phenoxy) is 6. The summed E-state index contributed by atoms with van der Waals surface area (Å²) in [7, 11) is 1.46. The van der Waals surface area contributed by atoms with E-state index in [2.05, 4.69) is 15.4 Å². The van der Waals surface area contributed by atoms with E-state index in [1.807, 2.05) is 0 Å². The van der Waals surface area contributed by atoms with E-state index in [9.17, 15) is 14.0 Å². The Hall–Kier alpha value is -1.37. The van der Waals surface area contributed by atoms with Gasteiger partial charge in [0.1, 0.15) is 12.8 Å². The summed E-state index contributed by atoms with van der Waals surface area (Å²) in [6.45, 7) is 7.48. The highest BCUT2D eigenvalue weighted by Crippen LogP contribution is 1.94. The first-order chi connectivity index (χ1) is 15.0. The second-order valence-electron chi connectivity index (χ2n) is 6.80. The van der Waals surface area contributed by atoms with E-state index >= 15 is 0 Å². The highest BCUT2D eigenvalue weighted by molar-refractivity contribution is 5.77. The maximum atomic E-state index is 13.5. The smallest absolute Gasteiger partial charge is 0.246 e. The van der Waals surface area contributed by atoms with Gasteiger partial charge < -0.3 is 39.1 Å². The maximum Gasteiger partial charge on any atom is 0.246 e. The molecule has 1 unspecified atom stereocenters. The zero-order valence-electron chi connectivity index (χ0n) is 19.0. The molecule has 0 aromatic heterocycles. The molecule has 0 bridgehead atoms. The van der Waals surface area contributed by atoms with Crippen molar-refractivity contribution in [3.05, 3.63) is 0 Å². The van der Waals surface area contributed by atoms with Gasteiger partial charge in [-0.05, 0) is 0 Å². The first kappa shape index (κ1) is 29.6. The first-order valence-corrected chi connectivity index (χ1v) is 10.5. The number of carbonyl (C=O) groups excluding carboxylic acids is 2. The van der Waals surface area contributed by atoms with Crippen molar-refractivity contribution in [2.75, 3.05) is 92.9 Å². The fourth-order valence-electron chi connectivity index (χ4n) is 2.01. The van der Waals surface area contributed by atoms with Gasteiger partial charge in [0, 0.05) is 19.6 Å². The number of hydrogen-bond donors (Lipinski definition) is 2. The molecule has 1 atom stereocenters. The number of rotatable bonds is 22. The molecule has 0 aliphatic carbocycles. The summed E-state index contributed by atoms with van der Waals surface area (Å²) in [6.07, 6.45) is -1.24. The lowest BCUT2D eigenvalue weighted by Crippen LogP contribution is -2.35. The van der Waals surface area contributed by atoms with Gasteiger partial charge in [-0.15, -0.1) is 0 Å². The van der Waals surface area contributed by atoms with E-state index in [0.29, 0.717) is 59.4 Å². The molecule has 0 heterocycles. The number of halogens is 1. The second-order valence-corrected chi connectivity index (χ2v) is 6.80. The van der Waals surface area contributed by atoms with Crippen molar-refractivity contribution in [3.8, 4) is 0 Å². The molecule has 31 heavy (non-hydrogen) atoms. The van der Waals surface area contributed by atoms with E-state index in [1.165, 1.54) is 7.11 Å². The average Bonchev–Trinajstić information content (AvgIpc) is 2.74. The quantitative estimate of drug-likeness (QED) is 0.219. The van der Waals surface area contributed by atoms with Crippen LogP contribution in [-0.2, 0) is 38.0 Å². The van der Waals surface area contributed by atoms with Crippen LogP contribution in [0.1, 0.15) is 13.8 Å². The summed E-state index contributed by atoms with van der Waals surface area (Å²) in [4.78, 5) is 22.4. The van der Waals surface area contributed by atoms with Gasteiger partial charge in [-0.2, -0.15) is 0 Å². The van der Waals surface area contributed by atoms with Crippen LogP contribution in [0.15, 0.2) is 0 Å². The largest absolute Gasteiger partial charge is 0.377 e. The Morgan fingerprint density at radius 3 is 1.74 bits per heavy atom. The molecule has 10 nitrogen and oxygen atoms in total. The van der Waals surface area contributed by atoms with Crippen molar-refractivity contribution in [2.45, 2.75) is 20.0 Å². The summed E-state index contributed by atoms with van der Waals surface area (Å²) >= 11 is 0. The minimum absolute atomic E-state index is 0.0438. The van der Waals surface area contributed by atoms with Crippen molar-refractivity contribution >= 4 is 11.8 Å². The van der Waals surface area contributed by atoms with E-state index in [4.69, 9.17) is 23.7 Å². The molecule has 0 radical (unpaired) electrons. The number of nitrogens with one attached hydrogen (secondary N) is 2. The van der Waals surface area contributed by atoms with E-state index in [1.54, 1.807) is 13.8 Å². The fraction of sp³-hybridized carbons (Fsp3) is 0.900. The van der Waals surface area contributed by atoms with Crippen LogP contribution in [-0.4, -0.2) is 111 Å². The Bertz CT molecular complexity index is 443. The summed E-state index contributed by atoms with van der Waals surface area (Å²) in [5.74, 6) is -0.513. The van der Waals surface area contributed by atoms with Gasteiger partial charge in [0.15, 0.2) is 0 Å². The molecule has 2 amide bonds. The third-order valence-electron chi connectivity index (χ3n) is 3.65. The number of hydrogen-bond acceptors (Lipinski definition) is 8. The van der Waals surface area contributed by atoms with Gasteiger partial charge in [0.05, 0.1) is 72.6 Å². The predicted octanol–water partition coefficient (Wildman–Crippen LogP) is -0.0577. The van der Waals surface area contributed by atoms with Crippen molar-refractivity contribution in [2.24, 2.45) is 5.92 Å². The Labute approximate surface area is 184 Å². The lowest BCUT2D eigenvalue weighted by Gasteiger charge is -2.12. The SMILES string of the molecule is COCC(=O)NCCOCCOCCOCCOCCOCC(F)CNC(=O)C(C)C. The van der Waals surface area contributed by atoms with Crippen molar-refractivity contribution < 1.29 is 42.4 Å². The summed E-state index contributed by atoms with van der Waals surface area (Å²) < 4.78 is 44.7. The molecule has 0 fully saturated rings. The lowest BCUT2D eigenvalue weighted by molar-refractivity contribution is -0.125. The molecule has 0 aromatic rings. The second kappa shape index (κ2) is 21.8. The highest BCUT2D eigenvalue weighted by Gasteiger charge is 2.11. The van der Waals surface area contributed by atoms with Gasteiger partial charge in [-0.1, -0.05) is 13.8 Å². The summed E-state index contributed by atoms with van der Waals surface area (Å²) in [5, 5.41) is 5.16. The van der Waals surface area contributed by atoms with E-state index < -0.39 is 6.17 Å². The van der Waals surface area contributed by atoms with Crippen LogP contribution in [0.25, 0.3) is 0 Å². The summed E-state index contributed by atoms with van der Waals surface area (Å²) in [6, 6.07) is 0. The number of carbonyl (C=O) groups is 2. The molecule has 0 saturated heterocycles. The van der Waals surface area contributed by atoms with Crippen LogP contribution in [0.3, 0.4) is 0 Å². The number of methoxy groups -OCH3 is 1. The minimum atomic E-state index is -1.24. The Morgan fingerprint density at radius 2 is 1.26 bits per heavy atom. The third-order valence-corrected chi connectivity index (χ3v) is 3.65. The molecule has 0 saturated carbocycles. The average molecular weight is 455 g/mol. The zero-order valence-corrected chi connectivity index (χ0v) is 19.0. The van der Waals surface area contributed by atoms with Crippen LogP contribution >= 0.6 is 0 Å². The molecule has 184 valence electrons. The third kappa shape index (κ3) is 21.6. The Morgan fingerprint density at radius 1 is 0.774 bits per heavy atom. The van der Waals surface area contributed by atoms with Gasteiger partial charge in [-0.3, -0.25) is 9.59 Å². The standard InChI is InChI=1S/C20H39FN2O8/c1-17(2)20(25)23-14-18(21)15-31-13-12-30-11-10-29-9-8-28-7-6-27-5-4-22-19(24)16-26-3/h17-18H,4-16H2,1-3H3,(H,22,24)(H,23,25). The van der Waals surface area contributed by atoms with Crippen LogP contribution in [0.5, 0.6) is 0 Å². The van der Waals surface area contributed by atoms with Crippen molar-refractivity contribution in [1.29, 1.82) is 0 Å². The Kier molecular flexibility index (Phi) is 20.9. The molecule has 0 aliphatic rings. The van der Waals surface area contributed by atoms with E-state index in [-0.39, 0.29) is 44.1 Å². The molecule has 0 aromatic carbocycles. The topological polar surface area (TPSA) is 114 Å². The van der Waals surface area contributed by atoms with Crippen molar-refractivity contribution in [3.63, 3.8) is 0 Å². The van der Waals surface area contributed by atoms with Crippen molar-refractivity contribution in [1.82, 2.24) is 10.6 Å².